The fraction of sp³-hybridized carbons (Fsp3) is 0.419. The van der Waals surface area contributed by atoms with Gasteiger partial charge in [0, 0.05) is 49.7 Å². The molecule has 0 saturated carbocycles. The lowest BCUT2D eigenvalue weighted by Crippen LogP contribution is -2.51. The quantitative estimate of drug-likeness (QED) is 0.124. The number of likely N-dealkylation sites (N-methyl/N-ethyl adjacent to an activating group) is 1. The number of rotatable bonds is 12. The van der Waals surface area contributed by atoms with E-state index < -0.39 is 28.8 Å². The molecule has 3 fully saturated rings. The molecule has 58 heavy (non-hydrogen) atoms. The summed E-state index contributed by atoms with van der Waals surface area (Å²) in [6.07, 6.45) is -0.946. The molecule has 306 valence electrons. The summed E-state index contributed by atoms with van der Waals surface area (Å²) in [5, 5.41) is 3.66. The standard InChI is InChI=1S/C43H46ClF4N7O3/c1-25-18-35(54(20-26-7-13-31(56-3)14-8-26)21-27-9-15-32(57-4)16-10-27)50-40(37(25)43(46,47)48)36-34(44)19-33-39(38(36)45)51-42(58-24-30-6-5-17-53(30)2)52-41(33)55-22-28-11-12-29(23-55)49-28/h7-10,13-16,18-19,28-30,49H,5-6,11-12,17,20-24H2,1-4H3/t28-,29-,30-/m0/s1. The zero-order valence-corrected chi connectivity index (χ0v) is 33.6. The van der Waals surface area contributed by atoms with Crippen molar-refractivity contribution < 1.29 is 31.8 Å². The summed E-state index contributed by atoms with van der Waals surface area (Å²) >= 11 is 6.94. The van der Waals surface area contributed by atoms with Gasteiger partial charge in [0.2, 0.25) is 0 Å². The Balaban J connectivity index is 1.27. The Labute approximate surface area is 340 Å². The first-order valence-corrected chi connectivity index (χ1v) is 19.9. The lowest BCUT2D eigenvalue weighted by molar-refractivity contribution is -0.137. The van der Waals surface area contributed by atoms with Crippen molar-refractivity contribution in [3.8, 4) is 28.8 Å². The monoisotopic (exact) mass is 819 g/mol. The van der Waals surface area contributed by atoms with Crippen LogP contribution in [0.3, 0.4) is 0 Å². The van der Waals surface area contributed by atoms with Crippen molar-refractivity contribution in [1.82, 2.24) is 25.2 Å². The van der Waals surface area contributed by atoms with Gasteiger partial charge in [-0.3, -0.25) is 0 Å². The van der Waals surface area contributed by atoms with Crippen LogP contribution in [0.2, 0.25) is 5.02 Å². The van der Waals surface area contributed by atoms with Crippen molar-refractivity contribution in [2.75, 3.05) is 57.3 Å². The van der Waals surface area contributed by atoms with Gasteiger partial charge in [-0.2, -0.15) is 23.1 Å². The Hall–Kier alpha value is -4.92. The Morgan fingerprint density at radius 2 is 1.50 bits per heavy atom. The Morgan fingerprint density at radius 1 is 0.879 bits per heavy atom. The first kappa shape index (κ1) is 39.9. The number of nitrogens with one attached hydrogen (secondary N) is 1. The number of halogens is 5. The molecule has 0 aliphatic carbocycles. The maximum absolute atomic E-state index is 17.5. The summed E-state index contributed by atoms with van der Waals surface area (Å²) in [7, 11) is 5.17. The van der Waals surface area contributed by atoms with E-state index in [1.807, 2.05) is 60.5 Å². The number of piperazine rings is 1. The molecule has 15 heteroatoms. The van der Waals surface area contributed by atoms with Crippen LogP contribution in [0.5, 0.6) is 17.5 Å². The number of hydrogen-bond donors (Lipinski definition) is 1. The molecule has 3 saturated heterocycles. The van der Waals surface area contributed by atoms with Gasteiger partial charge in [0.25, 0.3) is 0 Å². The number of fused-ring (bicyclic) bond motifs is 3. The van der Waals surface area contributed by atoms with Crippen LogP contribution in [0, 0.1) is 12.7 Å². The smallest absolute Gasteiger partial charge is 0.418 e. The fourth-order valence-corrected chi connectivity index (χ4v) is 8.77. The Kier molecular flexibility index (Phi) is 11.3. The van der Waals surface area contributed by atoms with Crippen LogP contribution in [0.25, 0.3) is 22.2 Å². The average Bonchev–Trinajstić information content (AvgIpc) is 3.78. The van der Waals surface area contributed by atoms with Gasteiger partial charge in [-0.1, -0.05) is 35.9 Å². The summed E-state index contributed by atoms with van der Waals surface area (Å²) in [6.45, 7) is 4.34. The van der Waals surface area contributed by atoms with E-state index in [2.05, 4.69) is 25.1 Å². The number of likely N-dealkylation sites (tertiary alicyclic amines) is 1. The SMILES string of the molecule is COc1ccc(CN(Cc2ccc(OC)cc2)c2cc(C)c(C(F)(F)F)c(-c3c(Cl)cc4c(N5C[C@@H]6CC[C@@H](C5)N6)nc(OC[C@@H]5CCCN5C)nc4c3F)n2)cc1. The van der Waals surface area contributed by atoms with Crippen LogP contribution in [0.1, 0.15) is 47.9 Å². The largest absolute Gasteiger partial charge is 0.497 e. The highest BCUT2D eigenvalue weighted by Gasteiger charge is 2.40. The van der Waals surface area contributed by atoms with Gasteiger partial charge < -0.3 is 34.2 Å². The minimum absolute atomic E-state index is 0.0417. The fourth-order valence-electron chi connectivity index (χ4n) is 8.49. The van der Waals surface area contributed by atoms with Crippen molar-refractivity contribution >= 4 is 34.1 Å². The van der Waals surface area contributed by atoms with Gasteiger partial charge >= 0.3 is 12.2 Å². The Morgan fingerprint density at radius 3 is 2.05 bits per heavy atom. The number of pyridine rings is 1. The minimum Gasteiger partial charge on any atom is -0.497 e. The minimum atomic E-state index is -4.90. The molecule has 0 unspecified atom stereocenters. The molecule has 0 radical (unpaired) electrons. The average molecular weight is 820 g/mol. The number of aryl methyl sites for hydroxylation is 1. The second-order valence-corrected chi connectivity index (χ2v) is 15.9. The van der Waals surface area contributed by atoms with E-state index >= 15 is 17.6 Å². The highest BCUT2D eigenvalue weighted by Crippen LogP contribution is 2.45. The molecule has 0 amide bonds. The first-order chi connectivity index (χ1) is 27.9. The molecule has 3 aliphatic rings. The van der Waals surface area contributed by atoms with E-state index in [4.69, 9.17) is 30.8 Å². The van der Waals surface area contributed by atoms with Gasteiger partial charge in [-0.25, -0.2) is 9.37 Å². The zero-order chi connectivity index (χ0) is 40.7. The van der Waals surface area contributed by atoms with Crippen molar-refractivity contribution in [2.45, 2.75) is 70.0 Å². The summed E-state index contributed by atoms with van der Waals surface area (Å²) in [4.78, 5) is 20.1. The highest BCUT2D eigenvalue weighted by atomic mass is 35.5. The van der Waals surface area contributed by atoms with Crippen LogP contribution >= 0.6 is 11.6 Å². The molecule has 8 rings (SSSR count). The first-order valence-electron chi connectivity index (χ1n) is 19.5. The summed E-state index contributed by atoms with van der Waals surface area (Å²) in [5.41, 5.74) is -0.820. The second kappa shape index (κ2) is 16.4. The second-order valence-electron chi connectivity index (χ2n) is 15.5. The third-order valence-corrected chi connectivity index (χ3v) is 11.8. The predicted octanol–water partition coefficient (Wildman–Crippen LogP) is 8.45. The van der Waals surface area contributed by atoms with Crippen molar-refractivity contribution in [1.29, 1.82) is 0 Å². The zero-order valence-electron chi connectivity index (χ0n) is 32.9. The van der Waals surface area contributed by atoms with Crippen LogP contribution in [0.15, 0.2) is 60.7 Å². The van der Waals surface area contributed by atoms with E-state index in [0.717, 1.165) is 43.4 Å². The molecule has 5 heterocycles. The topological polar surface area (TPSA) is 88.1 Å². The number of anilines is 2. The number of aromatic nitrogens is 3. The van der Waals surface area contributed by atoms with Crippen LogP contribution < -0.4 is 29.3 Å². The highest BCUT2D eigenvalue weighted by molar-refractivity contribution is 6.34. The van der Waals surface area contributed by atoms with Crippen molar-refractivity contribution in [2.24, 2.45) is 0 Å². The van der Waals surface area contributed by atoms with E-state index in [1.165, 1.54) is 19.1 Å². The maximum atomic E-state index is 17.5. The lowest BCUT2D eigenvalue weighted by Gasteiger charge is -2.34. The third kappa shape index (κ3) is 8.19. The summed E-state index contributed by atoms with van der Waals surface area (Å²) in [5.74, 6) is 0.928. The van der Waals surface area contributed by atoms with Crippen LogP contribution in [-0.2, 0) is 19.3 Å². The third-order valence-electron chi connectivity index (χ3n) is 11.5. The number of alkyl halides is 3. The molecule has 1 N–H and O–H groups in total. The lowest BCUT2D eigenvalue weighted by atomic mass is 9.98. The molecule has 2 aromatic heterocycles. The molecule has 5 aromatic rings. The number of hydrogen-bond acceptors (Lipinski definition) is 10. The molecule has 0 spiro atoms. The molecule has 3 atom stereocenters. The normalized spacial score (nSPS) is 19.5. The molecule has 2 bridgehead atoms. The molecule has 3 aromatic carbocycles. The number of nitrogens with zero attached hydrogens (tertiary/aromatic N) is 6. The predicted molar refractivity (Wildman–Crippen MR) is 217 cm³/mol. The molecule has 10 nitrogen and oxygen atoms in total. The van der Waals surface area contributed by atoms with Crippen LogP contribution in [0.4, 0.5) is 29.2 Å². The molecule has 3 aliphatic heterocycles. The number of methoxy groups -OCH3 is 2. The molecular weight excluding hydrogens is 774 g/mol. The van der Waals surface area contributed by atoms with Gasteiger partial charge in [0.15, 0.2) is 5.82 Å². The van der Waals surface area contributed by atoms with E-state index in [1.54, 1.807) is 14.2 Å². The van der Waals surface area contributed by atoms with Gasteiger partial charge in [0.1, 0.15) is 35.3 Å². The van der Waals surface area contributed by atoms with Crippen LogP contribution in [-0.4, -0.2) is 85.5 Å². The van der Waals surface area contributed by atoms with Gasteiger partial charge in [-0.15, -0.1) is 0 Å². The van der Waals surface area contributed by atoms with Crippen molar-refractivity contribution in [3.05, 3.63) is 93.8 Å². The maximum Gasteiger partial charge on any atom is 0.418 e. The van der Waals surface area contributed by atoms with Gasteiger partial charge in [0.05, 0.1) is 36.1 Å². The number of ether oxygens (including phenoxy) is 3. The van der Waals surface area contributed by atoms with Crippen molar-refractivity contribution in [3.63, 3.8) is 0 Å². The van der Waals surface area contributed by atoms with E-state index in [-0.39, 0.29) is 65.8 Å². The summed E-state index contributed by atoms with van der Waals surface area (Å²) in [6, 6.07) is 18.2. The number of benzene rings is 3. The summed E-state index contributed by atoms with van der Waals surface area (Å²) < 4.78 is 79.8. The van der Waals surface area contributed by atoms with Gasteiger partial charge in [-0.05, 0) is 99.3 Å². The van der Waals surface area contributed by atoms with E-state index in [9.17, 15) is 0 Å². The Bertz CT molecular complexity index is 2220. The molecular formula is C43H46ClF4N7O3. The van der Waals surface area contributed by atoms with E-state index in [0.29, 0.717) is 35.8 Å².